The summed E-state index contributed by atoms with van der Waals surface area (Å²) in [5.41, 5.74) is 14.8. The zero-order chi connectivity index (χ0) is 43.6. The molecule has 0 spiro atoms. The average Bonchev–Trinajstić information content (AvgIpc) is 3.39. The van der Waals surface area contributed by atoms with E-state index in [0.717, 1.165) is 0 Å². The van der Waals surface area contributed by atoms with Gasteiger partial charge in [-0.05, 0) is 150 Å². The van der Waals surface area contributed by atoms with Gasteiger partial charge in [-0.15, -0.1) is 0 Å². The summed E-state index contributed by atoms with van der Waals surface area (Å²) in [6.07, 6.45) is 0. The van der Waals surface area contributed by atoms with Crippen molar-refractivity contribution in [2.24, 2.45) is 0 Å². The van der Waals surface area contributed by atoms with E-state index in [9.17, 15) is 0 Å². The summed E-state index contributed by atoms with van der Waals surface area (Å²) < 4.78 is 0. The molecule has 0 aromatic heterocycles. The molecule has 66 heavy (non-hydrogen) atoms. The first-order valence-corrected chi connectivity index (χ1v) is 22.9. The lowest BCUT2D eigenvalue weighted by molar-refractivity contribution is 1.62. The third kappa shape index (κ3) is 6.22. The number of benzene rings is 13. The Bertz CT molecular complexity index is 3940. The van der Waals surface area contributed by atoms with Gasteiger partial charge in [0.2, 0.25) is 0 Å². The summed E-state index contributed by atoms with van der Waals surface area (Å²) in [4.78, 5) is 0. The molecule has 13 aromatic rings. The van der Waals surface area contributed by atoms with E-state index in [1.165, 1.54) is 131 Å². The van der Waals surface area contributed by atoms with Gasteiger partial charge in [-0.1, -0.05) is 237 Å². The fraction of sp³-hybridized carbons (Fsp3) is 0. The largest absolute Gasteiger partial charge is 0.0622 e. The Morgan fingerprint density at radius 3 is 0.848 bits per heavy atom. The highest BCUT2D eigenvalue weighted by Gasteiger charge is 2.20. The Hall–Kier alpha value is -8.58. The van der Waals surface area contributed by atoms with Crippen LogP contribution in [0.25, 0.3) is 131 Å². The summed E-state index contributed by atoms with van der Waals surface area (Å²) in [6.45, 7) is 0. The molecular formula is C66H42. The van der Waals surface area contributed by atoms with E-state index in [4.69, 9.17) is 0 Å². The highest BCUT2D eigenvalue weighted by Crippen LogP contribution is 2.48. The monoisotopic (exact) mass is 834 g/mol. The Kier molecular flexibility index (Phi) is 8.96. The topological polar surface area (TPSA) is 0 Å². The fourth-order valence-corrected chi connectivity index (χ4v) is 10.8. The first-order chi connectivity index (χ1) is 32.7. The van der Waals surface area contributed by atoms with Crippen LogP contribution in [0.4, 0.5) is 0 Å². The summed E-state index contributed by atoms with van der Waals surface area (Å²) in [7, 11) is 0. The molecule has 0 aliphatic rings. The Morgan fingerprint density at radius 1 is 0.136 bits per heavy atom. The van der Waals surface area contributed by atoms with E-state index in [1.54, 1.807) is 0 Å². The van der Waals surface area contributed by atoms with Crippen LogP contribution in [0.15, 0.2) is 255 Å². The zero-order valence-electron chi connectivity index (χ0n) is 36.2. The lowest BCUT2D eigenvalue weighted by Crippen LogP contribution is -1.93. The van der Waals surface area contributed by atoms with E-state index >= 15 is 0 Å². The first kappa shape index (κ1) is 37.9. The number of rotatable bonds is 6. The summed E-state index contributed by atoms with van der Waals surface area (Å²) in [5, 5.41) is 15.1. The molecule has 13 aromatic carbocycles. The Balaban J connectivity index is 0.963. The molecule has 0 amide bonds. The second-order valence-corrected chi connectivity index (χ2v) is 17.5. The van der Waals surface area contributed by atoms with Gasteiger partial charge in [-0.25, -0.2) is 0 Å². The molecule has 0 saturated carbocycles. The third-order valence-electron chi connectivity index (χ3n) is 13.8. The minimum Gasteiger partial charge on any atom is -0.0622 e. The average molecular weight is 835 g/mol. The van der Waals surface area contributed by atoms with Gasteiger partial charge in [0, 0.05) is 0 Å². The molecule has 0 bridgehead atoms. The van der Waals surface area contributed by atoms with E-state index in [1.807, 2.05) is 0 Å². The first-order valence-electron chi connectivity index (χ1n) is 22.9. The molecular weight excluding hydrogens is 793 g/mol. The molecule has 0 saturated heterocycles. The lowest BCUT2D eigenvalue weighted by atomic mass is 9.83. The second-order valence-electron chi connectivity index (χ2n) is 17.5. The van der Waals surface area contributed by atoms with Crippen LogP contribution in [-0.2, 0) is 0 Å². The Labute approximate surface area is 384 Å². The normalized spacial score (nSPS) is 11.6. The standard InChI is InChI=1S/C66H42/c1-4-16-43(17-5-1)48-34-37-53-50(40-48)32-33-51-41-52(36-38-54(51)53)66-59-26-14-11-23-56(59)63(57-24-12-15-27-60(57)66)46-28-30-47(31-29-46)64-55-22-10-13-25-58(55)65(45-20-8-3-9-21-45)62-42-49(35-39-61(62)64)44-18-6-2-7-19-44/h1-42H. The molecule has 0 heteroatoms. The molecule has 0 unspecified atom stereocenters. The van der Waals surface area contributed by atoms with Crippen molar-refractivity contribution in [1.29, 1.82) is 0 Å². The molecule has 13 rings (SSSR count). The van der Waals surface area contributed by atoms with Crippen molar-refractivity contribution >= 4 is 64.6 Å². The summed E-state index contributed by atoms with van der Waals surface area (Å²) in [5.74, 6) is 0. The van der Waals surface area contributed by atoms with Crippen molar-refractivity contribution in [2.75, 3.05) is 0 Å². The minimum atomic E-state index is 1.21. The van der Waals surface area contributed by atoms with E-state index < -0.39 is 0 Å². The van der Waals surface area contributed by atoms with Crippen LogP contribution >= 0.6 is 0 Å². The molecule has 0 heterocycles. The van der Waals surface area contributed by atoms with Gasteiger partial charge in [0.05, 0.1) is 0 Å². The molecule has 0 N–H and O–H groups in total. The molecule has 0 fully saturated rings. The fourth-order valence-electron chi connectivity index (χ4n) is 10.8. The van der Waals surface area contributed by atoms with Crippen LogP contribution in [0.1, 0.15) is 0 Å². The number of hydrogen-bond donors (Lipinski definition) is 0. The predicted molar refractivity (Wildman–Crippen MR) is 284 cm³/mol. The smallest absolute Gasteiger partial charge is 0.00262 e. The van der Waals surface area contributed by atoms with Gasteiger partial charge in [0.25, 0.3) is 0 Å². The maximum Gasteiger partial charge on any atom is -0.00262 e. The van der Waals surface area contributed by atoms with E-state index in [-0.39, 0.29) is 0 Å². The van der Waals surface area contributed by atoms with Crippen molar-refractivity contribution in [3.05, 3.63) is 255 Å². The van der Waals surface area contributed by atoms with Crippen molar-refractivity contribution in [2.45, 2.75) is 0 Å². The van der Waals surface area contributed by atoms with Crippen molar-refractivity contribution in [1.82, 2.24) is 0 Å². The van der Waals surface area contributed by atoms with Crippen molar-refractivity contribution in [3.63, 3.8) is 0 Å². The molecule has 0 atom stereocenters. The SMILES string of the molecule is c1ccc(-c2ccc3c(ccc4cc(-c5c6ccccc6c(-c6ccc(-c7c8ccccc8c(-c8ccccc8)c8cc(-c9ccccc9)ccc78)cc6)c6ccccc56)ccc43)c2)cc1. The van der Waals surface area contributed by atoms with Gasteiger partial charge >= 0.3 is 0 Å². The molecule has 306 valence electrons. The number of hydrogen-bond acceptors (Lipinski definition) is 0. The highest BCUT2D eigenvalue weighted by molar-refractivity contribution is 6.24. The van der Waals surface area contributed by atoms with Crippen LogP contribution in [0, 0.1) is 0 Å². The second kappa shape index (κ2) is 15.6. The molecule has 0 nitrogen and oxygen atoms in total. The van der Waals surface area contributed by atoms with Crippen LogP contribution in [0.2, 0.25) is 0 Å². The van der Waals surface area contributed by atoms with Gasteiger partial charge in [-0.3, -0.25) is 0 Å². The van der Waals surface area contributed by atoms with Crippen molar-refractivity contribution < 1.29 is 0 Å². The van der Waals surface area contributed by atoms with Gasteiger partial charge in [0.15, 0.2) is 0 Å². The zero-order valence-corrected chi connectivity index (χ0v) is 36.2. The molecule has 0 aliphatic carbocycles. The summed E-state index contributed by atoms with van der Waals surface area (Å²) >= 11 is 0. The van der Waals surface area contributed by atoms with Crippen LogP contribution < -0.4 is 0 Å². The van der Waals surface area contributed by atoms with Crippen LogP contribution in [0.5, 0.6) is 0 Å². The highest BCUT2D eigenvalue weighted by atomic mass is 14.2. The van der Waals surface area contributed by atoms with Gasteiger partial charge in [0.1, 0.15) is 0 Å². The Morgan fingerprint density at radius 2 is 0.409 bits per heavy atom. The molecule has 0 aliphatic heterocycles. The summed E-state index contributed by atoms with van der Waals surface area (Å²) in [6, 6.07) is 94.1. The third-order valence-corrected chi connectivity index (χ3v) is 13.8. The van der Waals surface area contributed by atoms with Gasteiger partial charge < -0.3 is 0 Å². The maximum absolute atomic E-state index is 2.40. The van der Waals surface area contributed by atoms with Gasteiger partial charge in [-0.2, -0.15) is 0 Å². The van der Waals surface area contributed by atoms with E-state index in [0.29, 0.717) is 0 Å². The maximum atomic E-state index is 2.40. The van der Waals surface area contributed by atoms with Crippen LogP contribution in [-0.4, -0.2) is 0 Å². The lowest BCUT2D eigenvalue weighted by Gasteiger charge is -2.20. The molecule has 0 radical (unpaired) electrons. The van der Waals surface area contributed by atoms with Crippen molar-refractivity contribution in [3.8, 4) is 66.8 Å². The quantitative estimate of drug-likeness (QED) is 0.116. The van der Waals surface area contributed by atoms with Crippen LogP contribution in [0.3, 0.4) is 0 Å². The number of fused-ring (bicyclic) bond motifs is 7. The minimum absolute atomic E-state index is 1.21. The van der Waals surface area contributed by atoms with E-state index in [2.05, 4.69) is 255 Å². The predicted octanol–water partition coefficient (Wildman–Crippen LogP) is 18.6.